The number of aromatic nitrogens is 3. The van der Waals surface area contributed by atoms with Gasteiger partial charge in [0, 0.05) is 38.2 Å². The van der Waals surface area contributed by atoms with Gasteiger partial charge in [-0.25, -0.2) is 0 Å². The Labute approximate surface area is 103 Å². The number of nitrogens with zero attached hydrogens (tertiary/aromatic N) is 3. The highest BCUT2D eigenvalue weighted by atomic mass is 16.5. The van der Waals surface area contributed by atoms with Crippen LogP contribution >= 0.6 is 0 Å². The first-order chi connectivity index (χ1) is 8.29. The van der Waals surface area contributed by atoms with E-state index in [0.717, 1.165) is 44.7 Å². The second-order valence-corrected chi connectivity index (χ2v) is 4.77. The Balaban J connectivity index is 1.94. The van der Waals surface area contributed by atoms with Gasteiger partial charge in [-0.05, 0) is 19.4 Å². The summed E-state index contributed by atoms with van der Waals surface area (Å²) in [5.74, 6) is 0.614. The Hall–Kier alpha value is -0.940. The molecule has 1 aliphatic heterocycles. The average Bonchev–Trinajstić information content (AvgIpc) is 2.95. The predicted molar refractivity (Wildman–Crippen MR) is 65.7 cm³/mol. The van der Waals surface area contributed by atoms with Gasteiger partial charge in [0.1, 0.15) is 0 Å². The number of aryl methyl sites for hydroxylation is 1. The van der Waals surface area contributed by atoms with Gasteiger partial charge in [-0.2, -0.15) is 0 Å². The quantitative estimate of drug-likeness (QED) is 0.795. The molecule has 0 saturated carbocycles. The number of ether oxygens (including phenoxy) is 1. The fraction of sp³-hybridized carbons (Fsp3) is 0.833. The molecule has 1 saturated heterocycles. The Bertz CT molecular complexity index is 333. The third kappa shape index (κ3) is 3.51. The topological polar surface area (TPSA) is 52.0 Å². The maximum Gasteiger partial charge on any atom is 0.0842 e. The highest BCUT2D eigenvalue weighted by Crippen LogP contribution is 2.19. The first kappa shape index (κ1) is 12.5. The minimum Gasteiger partial charge on any atom is -0.381 e. The van der Waals surface area contributed by atoms with Crippen LogP contribution in [0, 0.1) is 5.92 Å². The van der Waals surface area contributed by atoms with Crippen LogP contribution in [0.25, 0.3) is 0 Å². The molecule has 5 nitrogen and oxygen atoms in total. The van der Waals surface area contributed by atoms with E-state index < -0.39 is 0 Å². The molecule has 1 aromatic rings. The van der Waals surface area contributed by atoms with Crippen LogP contribution in [-0.2, 0) is 18.2 Å². The lowest BCUT2D eigenvalue weighted by molar-refractivity contribution is 0.176. The van der Waals surface area contributed by atoms with Gasteiger partial charge in [-0.3, -0.25) is 4.68 Å². The molecule has 2 heterocycles. The summed E-state index contributed by atoms with van der Waals surface area (Å²) in [7, 11) is 1.91. The van der Waals surface area contributed by atoms with Crippen molar-refractivity contribution in [2.24, 2.45) is 13.0 Å². The van der Waals surface area contributed by atoms with E-state index in [1.807, 2.05) is 13.2 Å². The average molecular weight is 238 g/mol. The van der Waals surface area contributed by atoms with Gasteiger partial charge in [-0.1, -0.05) is 12.1 Å². The number of hydrogen-bond acceptors (Lipinski definition) is 4. The third-order valence-electron chi connectivity index (χ3n) is 3.27. The molecule has 1 fully saturated rings. The molecule has 5 heteroatoms. The van der Waals surface area contributed by atoms with Gasteiger partial charge in [0.05, 0.1) is 12.3 Å². The molecular weight excluding hydrogens is 216 g/mol. The van der Waals surface area contributed by atoms with Crippen molar-refractivity contribution in [2.45, 2.75) is 32.2 Å². The maximum atomic E-state index is 5.48. The van der Waals surface area contributed by atoms with E-state index in [-0.39, 0.29) is 0 Å². The van der Waals surface area contributed by atoms with Crippen molar-refractivity contribution in [2.75, 3.05) is 19.8 Å². The molecule has 2 atom stereocenters. The first-order valence-electron chi connectivity index (χ1n) is 6.46. The summed E-state index contributed by atoms with van der Waals surface area (Å²) >= 11 is 0. The van der Waals surface area contributed by atoms with Crippen LogP contribution in [0.3, 0.4) is 0 Å². The Kier molecular flexibility index (Phi) is 4.50. The second-order valence-electron chi connectivity index (χ2n) is 4.77. The Morgan fingerprint density at radius 3 is 3.12 bits per heavy atom. The normalized spacial score (nSPS) is 21.9. The van der Waals surface area contributed by atoms with Crippen LogP contribution in [0.4, 0.5) is 0 Å². The number of nitrogens with one attached hydrogen (secondary N) is 1. The van der Waals surface area contributed by atoms with Crippen LogP contribution in [-0.4, -0.2) is 40.8 Å². The number of rotatable bonds is 6. The van der Waals surface area contributed by atoms with E-state index in [9.17, 15) is 0 Å². The monoisotopic (exact) mass is 238 g/mol. The molecule has 0 aromatic carbocycles. The van der Waals surface area contributed by atoms with Crippen LogP contribution in [0.5, 0.6) is 0 Å². The van der Waals surface area contributed by atoms with Gasteiger partial charge in [0.15, 0.2) is 0 Å². The van der Waals surface area contributed by atoms with E-state index in [1.165, 1.54) is 0 Å². The molecule has 0 spiro atoms. The summed E-state index contributed by atoms with van der Waals surface area (Å²) in [6.07, 6.45) is 5.25. The highest BCUT2D eigenvalue weighted by molar-refractivity contribution is 4.98. The van der Waals surface area contributed by atoms with Crippen molar-refractivity contribution in [3.05, 3.63) is 11.9 Å². The van der Waals surface area contributed by atoms with E-state index in [1.54, 1.807) is 4.68 Å². The summed E-state index contributed by atoms with van der Waals surface area (Å²) in [6.45, 7) is 5.02. The molecule has 2 unspecified atom stereocenters. The minimum absolute atomic E-state index is 0.467. The lowest BCUT2D eigenvalue weighted by atomic mass is 9.95. The minimum atomic E-state index is 0.467. The molecule has 1 N–H and O–H groups in total. The van der Waals surface area contributed by atoms with Crippen LogP contribution < -0.4 is 5.32 Å². The van der Waals surface area contributed by atoms with Crippen molar-refractivity contribution in [3.63, 3.8) is 0 Å². The largest absolute Gasteiger partial charge is 0.381 e. The smallest absolute Gasteiger partial charge is 0.0842 e. The van der Waals surface area contributed by atoms with Crippen molar-refractivity contribution in [3.8, 4) is 0 Å². The van der Waals surface area contributed by atoms with Crippen LogP contribution in [0.2, 0.25) is 0 Å². The fourth-order valence-corrected chi connectivity index (χ4v) is 2.32. The van der Waals surface area contributed by atoms with Gasteiger partial charge < -0.3 is 10.1 Å². The van der Waals surface area contributed by atoms with E-state index in [2.05, 4.69) is 22.6 Å². The van der Waals surface area contributed by atoms with Crippen molar-refractivity contribution in [1.29, 1.82) is 0 Å². The van der Waals surface area contributed by atoms with Crippen molar-refractivity contribution >= 4 is 0 Å². The lowest BCUT2D eigenvalue weighted by Gasteiger charge is -2.22. The lowest BCUT2D eigenvalue weighted by Crippen LogP contribution is -2.39. The first-order valence-corrected chi connectivity index (χ1v) is 6.46. The third-order valence-corrected chi connectivity index (χ3v) is 3.27. The maximum absolute atomic E-state index is 5.48. The molecule has 0 aliphatic carbocycles. The van der Waals surface area contributed by atoms with Gasteiger partial charge in [0.2, 0.25) is 0 Å². The van der Waals surface area contributed by atoms with Gasteiger partial charge >= 0.3 is 0 Å². The number of hydrogen-bond donors (Lipinski definition) is 1. The zero-order valence-corrected chi connectivity index (χ0v) is 10.7. The van der Waals surface area contributed by atoms with E-state index in [0.29, 0.717) is 12.0 Å². The van der Waals surface area contributed by atoms with Crippen LogP contribution in [0.15, 0.2) is 6.20 Å². The second kappa shape index (κ2) is 6.12. The van der Waals surface area contributed by atoms with Crippen LogP contribution in [0.1, 0.15) is 25.5 Å². The Morgan fingerprint density at radius 1 is 1.65 bits per heavy atom. The van der Waals surface area contributed by atoms with Gasteiger partial charge in [-0.15, -0.1) is 5.10 Å². The predicted octanol–water partition coefficient (Wildman–Crippen LogP) is 0.762. The summed E-state index contributed by atoms with van der Waals surface area (Å²) in [5.41, 5.74) is 1.06. The van der Waals surface area contributed by atoms with Crippen molar-refractivity contribution < 1.29 is 4.74 Å². The summed E-state index contributed by atoms with van der Waals surface area (Å²) in [4.78, 5) is 0. The summed E-state index contributed by atoms with van der Waals surface area (Å²) < 4.78 is 7.24. The zero-order chi connectivity index (χ0) is 12.1. The zero-order valence-electron chi connectivity index (χ0n) is 10.7. The Morgan fingerprint density at radius 2 is 2.53 bits per heavy atom. The fourth-order valence-electron chi connectivity index (χ4n) is 2.32. The molecule has 96 valence electrons. The molecule has 2 rings (SSSR count). The molecule has 0 amide bonds. The molecule has 0 bridgehead atoms. The standard InChI is InChI=1S/C12H22N4O/c1-3-5-13-12(10-4-6-17-9-10)7-11-8-16(2)15-14-11/h8,10,12-13H,3-7,9H2,1-2H3. The summed E-state index contributed by atoms with van der Waals surface area (Å²) in [6, 6.07) is 0.467. The van der Waals surface area contributed by atoms with E-state index >= 15 is 0 Å². The highest BCUT2D eigenvalue weighted by Gasteiger charge is 2.26. The molecule has 17 heavy (non-hydrogen) atoms. The molecular formula is C12H22N4O. The molecule has 1 aliphatic rings. The SMILES string of the molecule is CCCNC(Cc1cn(C)nn1)C1CCOC1. The van der Waals surface area contributed by atoms with E-state index in [4.69, 9.17) is 4.74 Å². The molecule has 1 aromatic heterocycles. The van der Waals surface area contributed by atoms with Crippen molar-refractivity contribution in [1.82, 2.24) is 20.3 Å². The molecule has 0 radical (unpaired) electrons. The van der Waals surface area contributed by atoms with Gasteiger partial charge in [0.25, 0.3) is 0 Å². The summed E-state index contributed by atoms with van der Waals surface area (Å²) in [5, 5.41) is 11.8.